The van der Waals surface area contributed by atoms with Gasteiger partial charge in [-0.3, -0.25) is 0 Å². The molecule has 2 rings (SSSR count). The van der Waals surface area contributed by atoms with Crippen molar-refractivity contribution in [2.75, 3.05) is 5.73 Å². The predicted octanol–water partition coefficient (Wildman–Crippen LogP) is 3.41. The maximum atomic E-state index is 13.7. The zero-order valence-electron chi connectivity index (χ0n) is 10.8. The molecule has 0 bridgehead atoms. The monoisotopic (exact) mass is 281 g/mol. The van der Waals surface area contributed by atoms with Crippen LogP contribution in [0.1, 0.15) is 17.0 Å². The Morgan fingerprint density at radius 2 is 1.63 bits per heavy atom. The van der Waals surface area contributed by atoms with Crippen LogP contribution in [0, 0.1) is 32.4 Å². The molecule has 0 unspecified atom stereocenters. The van der Waals surface area contributed by atoms with Crippen LogP contribution in [-0.2, 0) is 0 Å². The van der Waals surface area contributed by atoms with Gasteiger partial charge in [-0.2, -0.15) is 0 Å². The van der Waals surface area contributed by atoms with Crippen molar-refractivity contribution in [2.45, 2.75) is 30.8 Å². The van der Waals surface area contributed by atoms with Crippen molar-refractivity contribution in [3.63, 3.8) is 0 Å². The number of nitrogens with zero attached hydrogens (tertiary/aromatic N) is 2. The SMILES string of the molecule is Cc1nc(Sc2c(N)ccc(F)c2F)nc(C)c1C. The molecule has 19 heavy (non-hydrogen) atoms. The number of aromatic nitrogens is 2. The van der Waals surface area contributed by atoms with Crippen LogP contribution >= 0.6 is 11.8 Å². The predicted molar refractivity (Wildman–Crippen MR) is 71.1 cm³/mol. The van der Waals surface area contributed by atoms with E-state index in [4.69, 9.17) is 5.73 Å². The van der Waals surface area contributed by atoms with Gasteiger partial charge in [0.15, 0.2) is 16.8 Å². The summed E-state index contributed by atoms with van der Waals surface area (Å²) >= 11 is 0.930. The Labute approximate surface area is 114 Å². The lowest BCUT2D eigenvalue weighted by Gasteiger charge is -2.09. The second kappa shape index (κ2) is 5.13. The van der Waals surface area contributed by atoms with E-state index in [1.165, 1.54) is 6.07 Å². The van der Waals surface area contributed by atoms with E-state index in [-0.39, 0.29) is 10.6 Å². The van der Waals surface area contributed by atoms with Crippen molar-refractivity contribution >= 4 is 17.4 Å². The van der Waals surface area contributed by atoms with Gasteiger partial charge in [-0.25, -0.2) is 18.7 Å². The first-order valence-corrected chi connectivity index (χ1v) is 6.45. The van der Waals surface area contributed by atoms with Crippen LogP contribution in [-0.4, -0.2) is 9.97 Å². The van der Waals surface area contributed by atoms with Crippen molar-refractivity contribution in [2.24, 2.45) is 0 Å². The minimum atomic E-state index is -0.968. The summed E-state index contributed by atoms with van der Waals surface area (Å²) in [6.07, 6.45) is 0. The van der Waals surface area contributed by atoms with Crippen LogP contribution in [0.15, 0.2) is 22.2 Å². The molecule has 0 atom stereocenters. The summed E-state index contributed by atoms with van der Waals surface area (Å²) in [5.41, 5.74) is 8.44. The van der Waals surface area contributed by atoms with Crippen LogP contribution in [0.5, 0.6) is 0 Å². The Balaban J connectivity index is 2.45. The fraction of sp³-hybridized carbons (Fsp3) is 0.231. The van der Waals surface area contributed by atoms with E-state index < -0.39 is 11.6 Å². The Morgan fingerprint density at radius 1 is 1.05 bits per heavy atom. The van der Waals surface area contributed by atoms with E-state index in [1.807, 2.05) is 20.8 Å². The van der Waals surface area contributed by atoms with Crippen LogP contribution in [0.25, 0.3) is 0 Å². The van der Waals surface area contributed by atoms with E-state index in [0.29, 0.717) is 5.16 Å². The zero-order valence-corrected chi connectivity index (χ0v) is 11.6. The lowest BCUT2D eigenvalue weighted by Crippen LogP contribution is -2.00. The van der Waals surface area contributed by atoms with Crippen LogP contribution in [0.4, 0.5) is 14.5 Å². The number of anilines is 1. The molecular weight excluding hydrogens is 268 g/mol. The first-order chi connectivity index (χ1) is 8.90. The number of halogens is 2. The smallest absolute Gasteiger partial charge is 0.193 e. The van der Waals surface area contributed by atoms with Crippen LogP contribution < -0.4 is 5.73 Å². The molecule has 2 aromatic rings. The largest absolute Gasteiger partial charge is 0.398 e. The van der Waals surface area contributed by atoms with Gasteiger partial charge in [-0.1, -0.05) is 0 Å². The highest BCUT2D eigenvalue weighted by molar-refractivity contribution is 7.99. The standard InChI is InChI=1S/C13H13F2N3S/c1-6-7(2)17-13(18-8(6)3)19-12-10(16)5-4-9(14)11(12)15/h4-5H,16H2,1-3H3. The third-order valence-corrected chi connectivity index (χ3v) is 3.87. The molecule has 1 aromatic carbocycles. The van der Waals surface area contributed by atoms with Gasteiger partial charge in [0.1, 0.15) is 0 Å². The topological polar surface area (TPSA) is 51.8 Å². The van der Waals surface area contributed by atoms with Gasteiger partial charge in [-0.15, -0.1) is 0 Å². The Morgan fingerprint density at radius 3 is 2.21 bits per heavy atom. The molecule has 0 aliphatic rings. The summed E-state index contributed by atoms with van der Waals surface area (Å²) in [6.45, 7) is 5.61. The third kappa shape index (κ3) is 2.68. The molecular formula is C13H13F2N3S. The van der Waals surface area contributed by atoms with Gasteiger partial charge in [0.2, 0.25) is 0 Å². The number of hydrogen-bond donors (Lipinski definition) is 1. The number of rotatable bonds is 2. The average molecular weight is 281 g/mol. The number of nitrogen functional groups attached to an aromatic ring is 1. The Bertz CT molecular complexity index is 621. The summed E-state index contributed by atoms with van der Waals surface area (Å²) in [6, 6.07) is 2.33. The van der Waals surface area contributed by atoms with E-state index in [2.05, 4.69) is 9.97 Å². The van der Waals surface area contributed by atoms with E-state index in [0.717, 1.165) is 34.8 Å². The second-order valence-electron chi connectivity index (χ2n) is 4.18. The van der Waals surface area contributed by atoms with E-state index in [9.17, 15) is 8.78 Å². The second-order valence-corrected chi connectivity index (χ2v) is 5.16. The molecule has 0 saturated heterocycles. The maximum absolute atomic E-state index is 13.7. The van der Waals surface area contributed by atoms with Crippen LogP contribution in [0.3, 0.4) is 0 Å². The summed E-state index contributed by atoms with van der Waals surface area (Å²) in [7, 11) is 0. The quantitative estimate of drug-likeness (QED) is 0.677. The van der Waals surface area contributed by atoms with E-state index in [1.54, 1.807) is 0 Å². The van der Waals surface area contributed by atoms with E-state index >= 15 is 0 Å². The highest BCUT2D eigenvalue weighted by Crippen LogP contribution is 2.33. The van der Waals surface area contributed by atoms with Gasteiger partial charge < -0.3 is 5.73 Å². The molecule has 100 valence electrons. The number of hydrogen-bond acceptors (Lipinski definition) is 4. The highest BCUT2D eigenvalue weighted by Gasteiger charge is 2.15. The molecule has 0 amide bonds. The molecule has 6 heteroatoms. The number of aryl methyl sites for hydroxylation is 2. The average Bonchev–Trinajstić information content (AvgIpc) is 2.36. The van der Waals surface area contributed by atoms with Gasteiger partial charge >= 0.3 is 0 Å². The lowest BCUT2D eigenvalue weighted by molar-refractivity contribution is 0.492. The molecule has 0 radical (unpaired) electrons. The fourth-order valence-corrected chi connectivity index (χ4v) is 2.45. The highest BCUT2D eigenvalue weighted by atomic mass is 32.2. The first-order valence-electron chi connectivity index (χ1n) is 5.63. The lowest BCUT2D eigenvalue weighted by atomic mass is 10.2. The van der Waals surface area contributed by atoms with Crippen molar-refractivity contribution < 1.29 is 8.78 Å². The van der Waals surface area contributed by atoms with Crippen molar-refractivity contribution in [1.82, 2.24) is 9.97 Å². The molecule has 0 aliphatic heterocycles. The molecule has 0 fully saturated rings. The van der Waals surface area contributed by atoms with Crippen molar-refractivity contribution in [1.29, 1.82) is 0 Å². The number of benzene rings is 1. The first kappa shape index (κ1) is 13.7. The molecule has 1 heterocycles. The normalized spacial score (nSPS) is 10.8. The molecule has 1 aromatic heterocycles. The maximum Gasteiger partial charge on any atom is 0.193 e. The van der Waals surface area contributed by atoms with Gasteiger partial charge in [0.25, 0.3) is 0 Å². The Hall–Kier alpha value is -1.69. The molecule has 0 aliphatic carbocycles. The summed E-state index contributed by atoms with van der Waals surface area (Å²) < 4.78 is 26.9. The molecule has 0 saturated carbocycles. The zero-order chi connectivity index (χ0) is 14.2. The fourth-order valence-electron chi connectivity index (χ4n) is 1.53. The summed E-state index contributed by atoms with van der Waals surface area (Å²) in [5.74, 6) is -1.90. The van der Waals surface area contributed by atoms with Gasteiger partial charge in [-0.05, 0) is 50.2 Å². The molecule has 2 N–H and O–H groups in total. The van der Waals surface area contributed by atoms with Gasteiger partial charge in [0.05, 0.1) is 4.90 Å². The summed E-state index contributed by atoms with van der Waals surface area (Å²) in [4.78, 5) is 8.51. The number of nitrogens with two attached hydrogens (primary N) is 1. The minimum Gasteiger partial charge on any atom is -0.398 e. The van der Waals surface area contributed by atoms with Gasteiger partial charge in [0, 0.05) is 17.1 Å². The van der Waals surface area contributed by atoms with Crippen molar-refractivity contribution in [3.05, 3.63) is 40.7 Å². The van der Waals surface area contributed by atoms with Crippen molar-refractivity contribution in [3.8, 4) is 0 Å². The third-order valence-electron chi connectivity index (χ3n) is 2.89. The molecule has 0 spiro atoms. The summed E-state index contributed by atoms with van der Waals surface area (Å²) in [5, 5.41) is 0.358. The Kier molecular flexibility index (Phi) is 3.71. The minimum absolute atomic E-state index is 0.0163. The molecule has 3 nitrogen and oxygen atoms in total. The van der Waals surface area contributed by atoms with Crippen LogP contribution in [0.2, 0.25) is 0 Å².